The highest BCUT2D eigenvalue weighted by atomic mass is 32.1. The van der Waals surface area contributed by atoms with E-state index in [0.717, 1.165) is 43.2 Å². The molecule has 2 aromatic heterocycles. The van der Waals surface area contributed by atoms with Crippen LogP contribution in [0.4, 0.5) is 4.39 Å². The number of aromatic nitrogens is 4. The van der Waals surface area contributed by atoms with Crippen LogP contribution in [0.3, 0.4) is 0 Å². The molecule has 0 atom stereocenters. The molecule has 0 saturated carbocycles. The summed E-state index contributed by atoms with van der Waals surface area (Å²) in [5, 5.41) is 14.6. The van der Waals surface area contributed by atoms with Gasteiger partial charge in [-0.3, -0.25) is 0 Å². The van der Waals surface area contributed by atoms with Crippen molar-refractivity contribution < 1.29 is 13.9 Å². The third-order valence-corrected chi connectivity index (χ3v) is 6.35. The first-order valence-electron chi connectivity index (χ1n) is 10.2. The first-order valence-corrected chi connectivity index (χ1v) is 11.0. The van der Waals surface area contributed by atoms with Crippen LogP contribution in [-0.2, 0) is 0 Å². The van der Waals surface area contributed by atoms with Crippen molar-refractivity contribution >= 4 is 33.6 Å². The van der Waals surface area contributed by atoms with E-state index in [9.17, 15) is 4.39 Å². The molecule has 0 aliphatic rings. The average Bonchev–Trinajstić information content (AvgIpc) is 3.46. The van der Waals surface area contributed by atoms with Gasteiger partial charge in [-0.2, -0.15) is 0 Å². The van der Waals surface area contributed by atoms with Crippen LogP contribution in [0.2, 0.25) is 0 Å². The van der Waals surface area contributed by atoms with Crippen LogP contribution < -0.4 is 9.47 Å². The molecule has 0 bridgehead atoms. The normalized spacial score (nSPS) is 11.4. The van der Waals surface area contributed by atoms with Crippen LogP contribution in [0.1, 0.15) is 17.0 Å². The summed E-state index contributed by atoms with van der Waals surface area (Å²) in [6.45, 7) is 1.90. The molecular formula is C25H19FN4O2S. The molecule has 1 N–H and O–H groups in total. The fourth-order valence-corrected chi connectivity index (χ4v) is 4.77. The zero-order chi connectivity index (χ0) is 22.8. The predicted molar refractivity (Wildman–Crippen MR) is 128 cm³/mol. The lowest BCUT2D eigenvalue weighted by Gasteiger charge is -2.10. The van der Waals surface area contributed by atoms with Crippen LogP contribution >= 0.6 is 11.3 Å². The summed E-state index contributed by atoms with van der Waals surface area (Å²) in [7, 11) is 1.64. The SMILES string of the molecule is COc1ccc2c(Oc3ccc(/C=C/c4nnn[nH]4)cc3)c(-c3ccc(F)cc3C)sc2c1. The quantitative estimate of drug-likeness (QED) is 0.314. The maximum absolute atomic E-state index is 13.7. The van der Waals surface area contributed by atoms with Gasteiger partial charge in [-0.1, -0.05) is 24.3 Å². The topological polar surface area (TPSA) is 72.9 Å². The minimum absolute atomic E-state index is 0.258. The minimum atomic E-state index is -0.258. The highest BCUT2D eigenvalue weighted by molar-refractivity contribution is 7.22. The molecule has 0 saturated heterocycles. The number of hydrogen-bond acceptors (Lipinski definition) is 6. The third kappa shape index (κ3) is 4.33. The van der Waals surface area contributed by atoms with Crippen molar-refractivity contribution in [2.75, 3.05) is 7.11 Å². The Kier molecular flexibility index (Phi) is 5.58. The predicted octanol–water partition coefficient (Wildman–Crippen LogP) is 6.50. The van der Waals surface area contributed by atoms with E-state index in [1.54, 1.807) is 30.6 Å². The van der Waals surface area contributed by atoms with Gasteiger partial charge in [-0.25, -0.2) is 9.49 Å². The van der Waals surface area contributed by atoms with Gasteiger partial charge in [-0.05, 0) is 82.6 Å². The highest BCUT2D eigenvalue weighted by Crippen LogP contribution is 2.48. The van der Waals surface area contributed by atoms with Gasteiger partial charge < -0.3 is 9.47 Å². The molecule has 0 aliphatic carbocycles. The number of nitrogens with zero attached hydrogens (tertiary/aromatic N) is 3. The lowest BCUT2D eigenvalue weighted by molar-refractivity contribution is 0.415. The van der Waals surface area contributed by atoms with Gasteiger partial charge in [-0.15, -0.1) is 16.4 Å². The number of nitrogens with one attached hydrogen (secondary N) is 1. The number of hydrogen-bond donors (Lipinski definition) is 1. The van der Waals surface area contributed by atoms with Gasteiger partial charge in [0.2, 0.25) is 0 Å². The number of aromatic amines is 1. The molecule has 33 heavy (non-hydrogen) atoms. The monoisotopic (exact) mass is 458 g/mol. The minimum Gasteiger partial charge on any atom is -0.497 e. The molecule has 3 aromatic carbocycles. The molecule has 0 aliphatic heterocycles. The smallest absolute Gasteiger partial charge is 0.172 e. The second-order valence-corrected chi connectivity index (χ2v) is 8.42. The molecular weight excluding hydrogens is 439 g/mol. The van der Waals surface area contributed by atoms with E-state index in [2.05, 4.69) is 20.6 Å². The van der Waals surface area contributed by atoms with Gasteiger partial charge in [0, 0.05) is 10.1 Å². The maximum atomic E-state index is 13.7. The Morgan fingerprint density at radius 3 is 2.52 bits per heavy atom. The zero-order valence-corrected chi connectivity index (χ0v) is 18.7. The average molecular weight is 459 g/mol. The van der Waals surface area contributed by atoms with E-state index in [-0.39, 0.29) is 5.82 Å². The molecule has 5 aromatic rings. The summed E-state index contributed by atoms with van der Waals surface area (Å²) in [6, 6.07) is 18.4. The van der Waals surface area contributed by atoms with Crippen LogP contribution in [0.25, 0.3) is 32.7 Å². The third-order valence-electron chi connectivity index (χ3n) is 5.18. The second kappa shape index (κ2) is 8.84. The molecule has 8 heteroatoms. The number of tetrazole rings is 1. The lowest BCUT2D eigenvalue weighted by Crippen LogP contribution is -1.88. The Morgan fingerprint density at radius 1 is 0.970 bits per heavy atom. The molecule has 0 radical (unpaired) electrons. The van der Waals surface area contributed by atoms with Gasteiger partial charge in [0.25, 0.3) is 0 Å². The van der Waals surface area contributed by atoms with Crippen molar-refractivity contribution in [1.29, 1.82) is 0 Å². The number of H-pyrrole nitrogens is 1. The van der Waals surface area contributed by atoms with Crippen LogP contribution in [0.5, 0.6) is 17.2 Å². The first-order chi connectivity index (χ1) is 16.1. The number of rotatable bonds is 6. The number of benzene rings is 3. The summed E-state index contributed by atoms with van der Waals surface area (Å²) in [5.41, 5.74) is 2.76. The van der Waals surface area contributed by atoms with Gasteiger partial charge in [0.15, 0.2) is 11.6 Å². The van der Waals surface area contributed by atoms with E-state index in [1.807, 2.05) is 55.5 Å². The largest absolute Gasteiger partial charge is 0.497 e. The van der Waals surface area contributed by atoms with E-state index in [1.165, 1.54) is 12.1 Å². The van der Waals surface area contributed by atoms with Crippen molar-refractivity contribution in [3.05, 3.63) is 83.4 Å². The van der Waals surface area contributed by atoms with Crippen molar-refractivity contribution in [2.45, 2.75) is 6.92 Å². The molecule has 0 unspecified atom stereocenters. The summed E-state index contributed by atoms with van der Waals surface area (Å²) in [6.07, 6.45) is 3.70. The standard InChI is InChI=1S/C25H19FN4O2S/c1-15-13-17(26)6-10-20(15)25-24(21-11-9-19(31-2)14-22(21)33-25)32-18-7-3-16(4-8-18)5-12-23-27-29-30-28-23/h3-14H,1-2H3,(H,27,28,29,30)/b12-5+. The molecule has 5 rings (SSSR count). The number of halogens is 1. The fraction of sp³-hybridized carbons (Fsp3) is 0.0800. The van der Waals surface area contributed by atoms with Gasteiger partial charge in [0.1, 0.15) is 17.3 Å². The van der Waals surface area contributed by atoms with Crippen LogP contribution in [0, 0.1) is 12.7 Å². The number of fused-ring (bicyclic) bond motifs is 1. The number of aryl methyl sites for hydroxylation is 1. The Morgan fingerprint density at radius 2 is 1.79 bits per heavy atom. The highest BCUT2D eigenvalue weighted by Gasteiger charge is 2.18. The van der Waals surface area contributed by atoms with E-state index in [4.69, 9.17) is 9.47 Å². The summed E-state index contributed by atoms with van der Waals surface area (Å²) >= 11 is 1.59. The van der Waals surface area contributed by atoms with Crippen molar-refractivity contribution in [2.24, 2.45) is 0 Å². The molecule has 0 spiro atoms. The molecule has 164 valence electrons. The van der Waals surface area contributed by atoms with Gasteiger partial charge >= 0.3 is 0 Å². The number of ether oxygens (including phenoxy) is 2. The molecule has 0 amide bonds. The second-order valence-electron chi connectivity index (χ2n) is 7.37. The summed E-state index contributed by atoms with van der Waals surface area (Å²) in [5.74, 6) is 2.53. The maximum Gasteiger partial charge on any atom is 0.172 e. The zero-order valence-electron chi connectivity index (χ0n) is 17.9. The van der Waals surface area contributed by atoms with Crippen molar-refractivity contribution in [3.63, 3.8) is 0 Å². The Labute approximate surface area is 193 Å². The van der Waals surface area contributed by atoms with E-state index >= 15 is 0 Å². The Hall–Kier alpha value is -4.04. The molecule has 0 fully saturated rings. The lowest BCUT2D eigenvalue weighted by atomic mass is 10.1. The summed E-state index contributed by atoms with van der Waals surface area (Å²) in [4.78, 5) is 0.942. The van der Waals surface area contributed by atoms with E-state index < -0.39 is 0 Å². The summed E-state index contributed by atoms with van der Waals surface area (Å²) < 4.78 is 26.6. The van der Waals surface area contributed by atoms with Gasteiger partial charge in [0.05, 0.1) is 12.0 Å². The molecule has 6 nitrogen and oxygen atoms in total. The molecule has 2 heterocycles. The van der Waals surface area contributed by atoms with Crippen molar-refractivity contribution in [1.82, 2.24) is 20.6 Å². The van der Waals surface area contributed by atoms with Crippen molar-refractivity contribution in [3.8, 4) is 27.7 Å². The first kappa shape index (κ1) is 20.8. The van der Waals surface area contributed by atoms with Crippen LogP contribution in [-0.4, -0.2) is 27.7 Å². The Bertz CT molecular complexity index is 1440. The van der Waals surface area contributed by atoms with Crippen LogP contribution in [0.15, 0.2) is 60.7 Å². The number of methoxy groups -OCH3 is 1. The van der Waals surface area contributed by atoms with E-state index in [0.29, 0.717) is 11.6 Å². The Balaban J connectivity index is 1.52. The fourth-order valence-electron chi connectivity index (χ4n) is 3.52. The number of thiophene rings is 1.